The first kappa shape index (κ1) is 16.8. The number of hydrogen-bond donors (Lipinski definition) is 1. The Bertz CT molecular complexity index is 394. The van der Waals surface area contributed by atoms with E-state index in [1.165, 1.54) is 25.7 Å². The third kappa shape index (κ3) is 5.96. The van der Waals surface area contributed by atoms with E-state index in [-0.39, 0.29) is 6.04 Å². The fourth-order valence-electron chi connectivity index (χ4n) is 2.63. The predicted molar refractivity (Wildman–Crippen MR) is 85.5 cm³/mol. The molecule has 2 rings (SSSR count). The van der Waals surface area contributed by atoms with Crippen molar-refractivity contribution >= 4 is 11.8 Å². The Morgan fingerprint density at radius 1 is 1.43 bits per heavy atom. The van der Waals surface area contributed by atoms with Gasteiger partial charge < -0.3 is 14.6 Å². The predicted octanol–water partition coefficient (Wildman–Crippen LogP) is 2.80. The second-order valence-electron chi connectivity index (χ2n) is 5.63. The van der Waals surface area contributed by atoms with E-state index in [4.69, 9.17) is 9.26 Å². The molecule has 1 aromatic rings. The highest BCUT2D eigenvalue weighted by atomic mass is 32.2. The first-order valence-electron chi connectivity index (χ1n) is 7.97. The van der Waals surface area contributed by atoms with Crippen LogP contribution in [0.2, 0.25) is 0 Å². The third-order valence-electron chi connectivity index (χ3n) is 3.73. The van der Waals surface area contributed by atoms with Gasteiger partial charge in [0.05, 0.1) is 12.4 Å². The van der Waals surface area contributed by atoms with Crippen LogP contribution >= 0.6 is 11.8 Å². The zero-order chi connectivity index (χ0) is 14.9. The fourth-order valence-corrected chi connectivity index (χ4v) is 3.80. The maximum absolute atomic E-state index is 5.37. The SMILES string of the molecule is CCCNC(COC)Cc1nc(CSC2CCCC2)no1. The van der Waals surface area contributed by atoms with E-state index in [9.17, 15) is 0 Å². The lowest BCUT2D eigenvalue weighted by Gasteiger charge is -2.15. The summed E-state index contributed by atoms with van der Waals surface area (Å²) in [6.07, 6.45) is 7.26. The van der Waals surface area contributed by atoms with E-state index in [0.717, 1.165) is 36.2 Å². The van der Waals surface area contributed by atoms with Crippen LogP contribution in [0.5, 0.6) is 0 Å². The van der Waals surface area contributed by atoms with Crippen LogP contribution in [-0.4, -0.2) is 41.7 Å². The van der Waals surface area contributed by atoms with Gasteiger partial charge >= 0.3 is 0 Å². The van der Waals surface area contributed by atoms with Gasteiger partial charge in [-0.15, -0.1) is 0 Å². The van der Waals surface area contributed by atoms with Crippen molar-refractivity contribution in [3.8, 4) is 0 Å². The van der Waals surface area contributed by atoms with Crippen molar-refractivity contribution in [2.45, 2.75) is 62.5 Å². The minimum atomic E-state index is 0.241. The Labute approximate surface area is 131 Å². The number of hydrogen-bond acceptors (Lipinski definition) is 6. The largest absolute Gasteiger partial charge is 0.383 e. The molecular weight excluding hydrogens is 286 g/mol. The van der Waals surface area contributed by atoms with Crippen LogP contribution in [0.15, 0.2) is 4.52 Å². The molecule has 1 aliphatic carbocycles. The van der Waals surface area contributed by atoms with E-state index >= 15 is 0 Å². The van der Waals surface area contributed by atoms with Crippen molar-refractivity contribution in [2.75, 3.05) is 20.3 Å². The molecule has 1 saturated carbocycles. The van der Waals surface area contributed by atoms with Gasteiger partial charge in [0, 0.05) is 24.8 Å². The van der Waals surface area contributed by atoms with Gasteiger partial charge in [-0.2, -0.15) is 16.7 Å². The lowest BCUT2D eigenvalue weighted by molar-refractivity contribution is 0.161. The Hall–Kier alpha value is -0.590. The van der Waals surface area contributed by atoms with E-state index in [2.05, 4.69) is 22.4 Å². The molecule has 1 unspecified atom stereocenters. The molecule has 1 aromatic heterocycles. The molecule has 21 heavy (non-hydrogen) atoms. The highest BCUT2D eigenvalue weighted by molar-refractivity contribution is 7.99. The van der Waals surface area contributed by atoms with Crippen LogP contribution in [-0.2, 0) is 16.9 Å². The molecule has 0 aromatic carbocycles. The zero-order valence-electron chi connectivity index (χ0n) is 13.1. The molecule has 0 saturated heterocycles. The maximum Gasteiger partial charge on any atom is 0.228 e. The van der Waals surface area contributed by atoms with Crippen LogP contribution in [0, 0.1) is 0 Å². The molecule has 0 amide bonds. The molecule has 1 atom stereocenters. The number of methoxy groups -OCH3 is 1. The van der Waals surface area contributed by atoms with Gasteiger partial charge in [-0.25, -0.2) is 0 Å². The minimum absolute atomic E-state index is 0.241. The first-order valence-corrected chi connectivity index (χ1v) is 9.02. The van der Waals surface area contributed by atoms with Crippen LogP contribution in [0.4, 0.5) is 0 Å². The van der Waals surface area contributed by atoms with Crippen molar-refractivity contribution in [2.24, 2.45) is 0 Å². The normalized spacial score (nSPS) is 17.4. The average molecular weight is 313 g/mol. The van der Waals surface area contributed by atoms with Crippen molar-refractivity contribution in [1.29, 1.82) is 0 Å². The Morgan fingerprint density at radius 3 is 2.95 bits per heavy atom. The van der Waals surface area contributed by atoms with Crippen molar-refractivity contribution in [1.82, 2.24) is 15.5 Å². The van der Waals surface area contributed by atoms with Gasteiger partial charge in [-0.3, -0.25) is 0 Å². The fraction of sp³-hybridized carbons (Fsp3) is 0.867. The summed E-state index contributed by atoms with van der Waals surface area (Å²) < 4.78 is 10.6. The summed E-state index contributed by atoms with van der Waals surface area (Å²) in [5.41, 5.74) is 0. The third-order valence-corrected chi connectivity index (χ3v) is 5.10. The Balaban J connectivity index is 1.77. The Morgan fingerprint density at radius 2 is 2.24 bits per heavy atom. The molecule has 1 aliphatic rings. The zero-order valence-corrected chi connectivity index (χ0v) is 14.0. The number of rotatable bonds is 10. The standard InChI is InChI=1S/C15H27N3O2S/c1-3-8-16-12(10-19-2)9-15-17-14(18-20-15)11-21-13-6-4-5-7-13/h12-13,16H,3-11H2,1-2H3. The van der Waals surface area contributed by atoms with Crippen LogP contribution in [0.1, 0.15) is 50.7 Å². The van der Waals surface area contributed by atoms with Crippen LogP contribution in [0.25, 0.3) is 0 Å². The second kappa shape index (κ2) is 9.43. The molecule has 1 heterocycles. The van der Waals surface area contributed by atoms with Gasteiger partial charge in [0.25, 0.3) is 0 Å². The molecule has 6 heteroatoms. The number of ether oxygens (including phenoxy) is 1. The maximum atomic E-state index is 5.37. The molecule has 120 valence electrons. The minimum Gasteiger partial charge on any atom is -0.383 e. The van der Waals surface area contributed by atoms with Gasteiger partial charge in [0.1, 0.15) is 0 Å². The molecule has 5 nitrogen and oxygen atoms in total. The van der Waals surface area contributed by atoms with Gasteiger partial charge in [0.15, 0.2) is 5.82 Å². The summed E-state index contributed by atoms with van der Waals surface area (Å²) in [4.78, 5) is 4.51. The van der Waals surface area contributed by atoms with Crippen LogP contribution in [0.3, 0.4) is 0 Å². The number of aromatic nitrogens is 2. The molecule has 0 aliphatic heterocycles. The average Bonchev–Trinajstić information content (AvgIpc) is 3.14. The molecular formula is C15H27N3O2S. The lowest BCUT2D eigenvalue weighted by atomic mass is 10.2. The van der Waals surface area contributed by atoms with Gasteiger partial charge in [-0.1, -0.05) is 24.9 Å². The summed E-state index contributed by atoms with van der Waals surface area (Å²) >= 11 is 1.97. The summed E-state index contributed by atoms with van der Waals surface area (Å²) in [5.74, 6) is 2.40. The number of thioether (sulfide) groups is 1. The van der Waals surface area contributed by atoms with Crippen molar-refractivity contribution in [3.63, 3.8) is 0 Å². The van der Waals surface area contributed by atoms with Crippen molar-refractivity contribution < 1.29 is 9.26 Å². The smallest absolute Gasteiger partial charge is 0.228 e. The molecule has 1 fully saturated rings. The second-order valence-corrected chi connectivity index (χ2v) is 6.92. The van der Waals surface area contributed by atoms with Crippen LogP contribution < -0.4 is 5.32 Å². The molecule has 0 spiro atoms. The first-order chi connectivity index (χ1) is 10.3. The number of nitrogens with one attached hydrogen (secondary N) is 1. The monoisotopic (exact) mass is 313 g/mol. The van der Waals surface area contributed by atoms with E-state index in [1.54, 1.807) is 7.11 Å². The highest BCUT2D eigenvalue weighted by Crippen LogP contribution is 2.30. The number of nitrogens with zero attached hydrogens (tertiary/aromatic N) is 2. The topological polar surface area (TPSA) is 60.2 Å². The molecule has 0 bridgehead atoms. The van der Waals surface area contributed by atoms with Gasteiger partial charge in [0.2, 0.25) is 5.89 Å². The molecule has 0 radical (unpaired) electrons. The Kier molecular flexibility index (Phi) is 7.53. The molecule has 1 N–H and O–H groups in total. The quantitative estimate of drug-likeness (QED) is 0.717. The summed E-state index contributed by atoms with van der Waals surface area (Å²) in [6, 6.07) is 0.241. The van der Waals surface area contributed by atoms with E-state index < -0.39 is 0 Å². The highest BCUT2D eigenvalue weighted by Gasteiger charge is 2.18. The lowest BCUT2D eigenvalue weighted by Crippen LogP contribution is -2.35. The van der Waals surface area contributed by atoms with Crippen molar-refractivity contribution in [3.05, 3.63) is 11.7 Å². The summed E-state index contributed by atoms with van der Waals surface area (Å²) in [7, 11) is 1.72. The van der Waals surface area contributed by atoms with Gasteiger partial charge in [-0.05, 0) is 25.8 Å². The van der Waals surface area contributed by atoms with E-state index in [1.807, 2.05) is 11.8 Å². The van der Waals surface area contributed by atoms with E-state index in [0.29, 0.717) is 12.5 Å². The summed E-state index contributed by atoms with van der Waals surface area (Å²) in [6.45, 7) is 3.79. The summed E-state index contributed by atoms with van der Waals surface area (Å²) in [5, 5.41) is 8.33.